The van der Waals surface area contributed by atoms with Gasteiger partial charge < -0.3 is 5.32 Å². The topological polar surface area (TPSA) is 12.0 Å². The Morgan fingerprint density at radius 2 is 1.87 bits per heavy atom. The Morgan fingerprint density at radius 1 is 1.13 bits per heavy atom. The van der Waals surface area contributed by atoms with E-state index in [9.17, 15) is 0 Å². The zero-order valence-electron chi connectivity index (χ0n) is 10.6. The van der Waals surface area contributed by atoms with Gasteiger partial charge in [-0.3, -0.25) is 0 Å². The van der Waals surface area contributed by atoms with Gasteiger partial charge in [-0.15, -0.1) is 0 Å². The van der Waals surface area contributed by atoms with Crippen molar-refractivity contribution >= 4 is 0 Å². The normalized spacial score (nSPS) is 37.2. The molecular weight excluding hydrogens is 182 g/mol. The van der Waals surface area contributed by atoms with Crippen molar-refractivity contribution in [1.82, 2.24) is 5.32 Å². The summed E-state index contributed by atoms with van der Waals surface area (Å²) < 4.78 is 0. The Hall–Kier alpha value is -0.0400. The van der Waals surface area contributed by atoms with Gasteiger partial charge in [-0.1, -0.05) is 27.2 Å². The molecule has 0 aliphatic heterocycles. The van der Waals surface area contributed by atoms with E-state index in [1.54, 1.807) is 0 Å². The first-order valence-corrected chi connectivity index (χ1v) is 6.90. The first-order chi connectivity index (χ1) is 7.16. The van der Waals surface area contributed by atoms with E-state index in [2.05, 4.69) is 26.1 Å². The largest absolute Gasteiger partial charge is 0.313 e. The molecule has 0 amide bonds. The molecule has 1 N–H and O–H groups in total. The summed E-state index contributed by atoms with van der Waals surface area (Å²) in [7, 11) is 0. The fraction of sp³-hybridized carbons (Fsp3) is 1.00. The molecule has 3 atom stereocenters. The second-order valence-corrected chi connectivity index (χ2v) is 6.28. The lowest BCUT2D eigenvalue weighted by atomic mass is 9.74. The van der Waals surface area contributed by atoms with E-state index >= 15 is 0 Å². The minimum atomic E-state index is 0.814. The Balaban J connectivity index is 1.83. The van der Waals surface area contributed by atoms with Crippen LogP contribution in [0, 0.1) is 23.7 Å². The molecule has 2 aliphatic carbocycles. The van der Waals surface area contributed by atoms with E-state index in [0.29, 0.717) is 0 Å². The summed E-state index contributed by atoms with van der Waals surface area (Å²) in [6.07, 6.45) is 7.25. The smallest absolute Gasteiger partial charge is 0.0100 e. The number of hydrogen-bond donors (Lipinski definition) is 1. The van der Waals surface area contributed by atoms with Crippen LogP contribution in [0.1, 0.15) is 52.9 Å². The van der Waals surface area contributed by atoms with Gasteiger partial charge in [-0.25, -0.2) is 0 Å². The summed E-state index contributed by atoms with van der Waals surface area (Å²) in [4.78, 5) is 0. The molecule has 0 aromatic rings. The van der Waals surface area contributed by atoms with Crippen LogP contribution in [0.5, 0.6) is 0 Å². The standard InChI is InChI=1S/C14H27N/c1-10(2)13-7-4-11(3)8-14(13)15-9-12-5-6-12/h10-15H,4-9H2,1-3H3. The highest BCUT2D eigenvalue weighted by molar-refractivity contribution is 4.87. The fourth-order valence-corrected chi connectivity index (χ4v) is 3.08. The Morgan fingerprint density at radius 3 is 2.47 bits per heavy atom. The minimum Gasteiger partial charge on any atom is -0.313 e. The summed E-state index contributed by atoms with van der Waals surface area (Å²) in [5.41, 5.74) is 0. The van der Waals surface area contributed by atoms with Gasteiger partial charge in [0.1, 0.15) is 0 Å². The van der Waals surface area contributed by atoms with Gasteiger partial charge in [0.05, 0.1) is 0 Å². The van der Waals surface area contributed by atoms with Crippen LogP contribution in [0.4, 0.5) is 0 Å². The lowest BCUT2D eigenvalue weighted by Gasteiger charge is -2.38. The van der Waals surface area contributed by atoms with Crippen LogP contribution in [-0.2, 0) is 0 Å². The molecule has 2 saturated carbocycles. The van der Waals surface area contributed by atoms with Crippen molar-refractivity contribution < 1.29 is 0 Å². The van der Waals surface area contributed by atoms with Gasteiger partial charge >= 0.3 is 0 Å². The molecule has 0 heterocycles. The van der Waals surface area contributed by atoms with Gasteiger partial charge in [0, 0.05) is 6.04 Å². The molecule has 0 bridgehead atoms. The third kappa shape index (κ3) is 3.21. The van der Waals surface area contributed by atoms with Crippen LogP contribution in [0.3, 0.4) is 0 Å². The van der Waals surface area contributed by atoms with E-state index < -0.39 is 0 Å². The van der Waals surface area contributed by atoms with Gasteiger partial charge in [0.25, 0.3) is 0 Å². The van der Waals surface area contributed by atoms with Crippen molar-refractivity contribution in [2.75, 3.05) is 6.54 Å². The third-order valence-electron chi connectivity index (χ3n) is 4.39. The average molecular weight is 209 g/mol. The summed E-state index contributed by atoms with van der Waals surface area (Å²) in [6, 6.07) is 0.814. The predicted octanol–water partition coefficient (Wildman–Crippen LogP) is 3.45. The third-order valence-corrected chi connectivity index (χ3v) is 4.39. The minimum absolute atomic E-state index is 0.814. The van der Waals surface area contributed by atoms with Crippen LogP contribution < -0.4 is 5.32 Å². The first-order valence-electron chi connectivity index (χ1n) is 6.90. The molecule has 0 aromatic heterocycles. The molecule has 2 fully saturated rings. The highest BCUT2D eigenvalue weighted by Crippen LogP contribution is 2.34. The quantitative estimate of drug-likeness (QED) is 0.748. The highest BCUT2D eigenvalue weighted by Gasteiger charge is 2.31. The highest BCUT2D eigenvalue weighted by atomic mass is 14.9. The van der Waals surface area contributed by atoms with E-state index in [1.807, 2.05) is 0 Å². The van der Waals surface area contributed by atoms with E-state index in [1.165, 1.54) is 38.6 Å². The van der Waals surface area contributed by atoms with Crippen molar-refractivity contribution in [1.29, 1.82) is 0 Å². The Kier molecular flexibility index (Phi) is 3.71. The Labute approximate surface area is 95.0 Å². The fourth-order valence-electron chi connectivity index (χ4n) is 3.08. The number of rotatable bonds is 4. The van der Waals surface area contributed by atoms with Crippen molar-refractivity contribution in [3.63, 3.8) is 0 Å². The number of hydrogen-bond acceptors (Lipinski definition) is 1. The van der Waals surface area contributed by atoms with Crippen molar-refractivity contribution in [2.45, 2.75) is 58.9 Å². The molecule has 3 unspecified atom stereocenters. The summed E-state index contributed by atoms with van der Waals surface area (Å²) in [6.45, 7) is 8.50. The molecule has 0 aromatic carbocycles. The van der Waals surface area contributed by atoms with Crippen molar-refractivity contribution in [2.24, 2.45) is 23.7 Å². The molecule has 2 rings (SSSR count). The molecular formula is C14H27N. The molecule has 1 heteroatoms. The maximum Gasteiger partial charge on any atom is 0.0100 e. The zero-order chi connectivity index (χ0) is 10.8. The molecule has 88 valence electrons. The van der Waals surface area contributed by atoms with Crippen molar-refractivity contribution in [3.05, 3.63) is 0 Å². The zero-order valence-corrected chi connectivity index (χ0v) is 10.6. The lowest BCUT2D eigenvalue weighted by molar-refractivity contribution is 0.169. The van der Waals surface area contributed by atoms with Crippen LogP contribution in [0.2, 0.25) is 0 Å². The SMILES string of the molecule is CC1CCC(C(C)C)C(NCC2CC2)C1. The molecule has 0 saturated heterocycles. The van der Waals surface area contributed by atoms with E-state index in [4.69, 9.17) is 0 Å². The van der Waals surface area contributed by atoms with E-state index in [0.717, 1.165) is 29.7 Å². The molecule has 2 aliphatic rings. The van der Waals surface area contributed by atoms with Crippen LogP contribution in [0.25, 0.3) is 0 Å². The number of nitrogens with one attached hydrogen (secondary N) is 1. The average Bonchev–Trinajstić information content (AvgIpc) is 2.97. The first kappa shape index (κ1) is 11.4. The van der Waals surface area contributed by atoms with Gasteiger partial charge in [0.15, 0.2) is 0 Å². The second-order valence-electron chi connectivity index (χ2n) is 6.28. The predicted molar refractivity (Wildman–Crippen MR) is 65.9 cm³/mol. The second kappa shape index (κ2) is 4.86. The lowest BCUT2D eigenvalue weighted by Crippen LogP contribution is -2.43. The van der Waals surface area contributed by atoms with Gasteiger partial charge in [-0.05, 0) is 55.9 Å². The summed E-state index contributed by atoms with van der Waals surface area (Å²) >= 11 is 0. The van der Waals surface area contributed by atoms with Crippen LogP contribution in [0.15, 0.2) is 0 Å². The molecule has 15 heavy (non-hydrogen) atoms. The summed E-state index contributed by atoms with van der Waals surface area (Å²) in [5.74, 6) is 3.75. The maximum atomic E-state index is 3.85. The van der Waals surface area contributed by atoms with Crippen LogP contribution in [-0.4, -0.2) is 12.6 Å². The van der Waals surface area contributed by atoms with Gasteiger partial charge in [-0.2, -0.15) is 0 Å². The maximum absolute atomic E-state index is 3.85. The monoisotopic (exact) mass is 209 g/mol. The molecule has 0 spiro atoms. The van der Waals surface area contributed by atoms with Gasteiger partial charge in [0.2, 0.25) is 0 Å². The van der Waals surface area contributed by atoms with Crippen LogP contribution >= 0.6 is 0 Å². The molecule has 1 nitrogen and oxygen atoms in total. The van der Waals surface area contributed by atoms with E-state index in [-0.39, 0.29) is 0 Å². The molecule has 0 radical (unpaired) electrons. The van der Waals surface area contributed by atoms with Crippen molar-refractivity contribution in [3.8, 4) is 0 Å². The Bertz CT molecular complexity index is 196. The summed E-state index contributed by atoms with van der Waals surface area (Å²) in [5, 5.41) is 3.85.